The van der Waals surface area contributed by atoms with Crippen LogP contribution < -0.4 is 5.32 Å². The summed E-state index contributed by atoms with van der Waals surface area (Å²) in [6.45, 7) is 9.20. The van der Waals surface area contributed by atoms with Gasteiger partial charge < -0.3 is 10.2 Å². The second-order valence-electron chi connectivity index (χ2n) is 9.02. The number of nitrogens with one attached hydrogen (secondary N) is 1. The molecule has 1 amide bonds. The summed E-state index contributed by atoms with van der Waals surface area (Å²) in [4.78, 5) is 15.0. The zero-order valence-corrected chi connectivity index (χ0v) is 19.3. The number of piperidine rings is 2. The van der Waals surface area contributed by atoms with Gasteiger partial charge in [-0.2, -0.15) is 0 Å². The molecule has 30 heavy (non-hydrogen) atoms. The fourth-order valence-corrected chi connectivity index (χ4v) is 6.07. The molecule has 6 nitrogen and oxygen atoms in total. The molecule has 2 aliphatic rings. The van der Waals surface area contributed by atoms with Crippen LogP contribution in [0.5, 0.6) is 0 Å². The van der Waals surface area contributed by atoms with E-state index in [1.807, 2.05) is 31.2 Å². The Balaban J connectivity index is 1.37. The number of aryl methyl sites for hydroxylation is 1. The zero-order chi connectivity index (χ0) is 21.6. The highest BCUT2D eigenvalue weighted by molar-refractivity contribution is 7.88. The summed E-state index contributed by atoms with van der Waals surface area (Å²) in [5.41, 5.74) is 1.84. The minimum Gasteiger partial charge on any atom is -0.356 e. The maximum atomic E-state index is 12.8. The smallest absolute Gasteiger partial charge is 0.223 e. The fourth-order valence-electron chi connectivity index (χ4n) is 4.40. The topological polar surface area (TPSA) is 69.7 Å². The number of sulfonamides is 1. The van der Waals surface area contributed by atoms with E-state index >= 15 is 0 Å². The van der Waals surface area contributed by atoms with E-state index in [9.17, 15) is 13.2 Å². The van der Waals surface area contributed by atoms with Crippen LogP contribution in [0.2, 0.25) is 0 Å². The lowest BCUT2D eigenvalue weighted by molar-refractivity contribution is -0.126. The molecule has 0 spiro atoms. The van der Waals surface area contributed by atoms with E-state index < -0.39 is 10.0 Å². The van der Waals surface area contributed by atoms with E-state index in [1.54, 1.807) is 4.31 Å². The summed E-state index contributed by atoms with van der Waals surface area (Å²) in [5.74, 6) is 0.877. The molecule has 1 aromatic rings. The molecule has 1 aromatic carbocycles. The molecule has 0 saturated carbocycles. The third kappa shape index (κ3) is 6.53. The van der Waals surface area contributed by atoms with Crippen LogP contribution in [0.3, 0.4) is 0 Å². The number of amides is 1. The molecule has 2 aliphatic heterocycles. The lowest BCUT2D eigenvalue weighted by atomic mass is 9.97. The van der Waals surface area contributed by atoms with Crippen LogP contribution in [-0.2, 0) is 20.6 Å². The summed E-state index contributed by atoms with van der Waals surface area (Å²) in [5, 5.41) is 3.07. The molecule has 0 unspecified atom stereocenters. The van der Waals surface area contributed by atoms with Crippen molar-refractivity contribution in [3.05, 3.63) is 35.4 Å². The van der Waals surface area contributed by atoms with E-state index in [0.717, 1.165) is 30.0 Å². The molecule has 0 aliphatic carbocycles. The SMILES string of the molecule is Cc1ccccc1CS(=O)(=O)N1CCC(C(=O)NCCCN2CCC(C)CC2)CC1. The molecular formula is C23H37N3O3S. The highest BCUT2D eigenvalue weighted by atomic mass is 32.2. The highest BCUT2D eigenvalue weighted by Crippen LogP contribution is 2.23. The summed E-state index contributed by atoms with van der Waals surface area (Å²) >= 11 is 0. The Hall–Kier alpha value is -1.44. The van der Waals surface area contributed by atoms with Crippen molar-refractivity contribution in [2.24, 2.45) is 11.8 Å². The lowest BCUT2D eigenvalue weighted by Crippen LogP contribution is -2.43. The Morgan fingerprint density at radius 1 is 1.07 bits per heavy atom. The Kier molecular flexibility index (Phi) is 8.31. The van der Waals surface area contributed by atoms with Crippen molar-refractivity contribution in [1.29, 1.82) is 0 Å². The minimum atomic E-state index is -3.35. The summed E-state index contributed by atoms with van der Waals surface area (Å²) < 4.78 is 27.1. The normalized spacial score (nSPS) is 20.3. The van der Waals surface area contributed by atoms with Gasteiger partial charge in [-0.25, -0.2) is 12.7 Å². The zero-order valence-electron chi connectivity index (χ0n) is 18.5. The Labute approximate surface area is 182 Å². The van der Waals surface area contributed by atoms with Crippen LogP contribution in [0.25, 0.3) is 0 Å². The lowest BCUT2D eigenvalue weighted by Gasteiger charge is -2.31. The first-order chi connectivity index (χ1) is 14.3. The molecule has 1 N–H and O–H groups in total. The van der Waals surface area contributed by atoms with Crippen LogP contribution in [0, 0.1) is 18.8 Å². The van der Waals surface area contributed by atoms with Gasteiger partial charge in [0.2, 0.25) is 15.9 Å². The molecule has 2 heterocycles. The quantitative estimate of drug-likeness (QED) is 0.638. The largest absolute Gasteiger partial charge is 0.356 e. The summed E-state index contributed by atoms with van der Waals surface area (Å²) in [6.07, 6.45) is 4.73. The number of carbonyl (C=O) groups is 1. The molecule has 0 aromatic heterocycles. The number of carbonyl (C=O) groups excluding carboxylic acids is 1. The van der Waals surface area contributed by atoms with Gasteiger partial charge in [0, 0.05) is 25.6 Å². The van der Waals surface area contributed by atoms with Crippen LogP contribution >= 0.6 is 0 Å². The number of hydrogen-bond donors (Lipinski definition) is 1. The van der Waals surface area contributed by atoms with E-state index in [2.05, 4.69) is 17.1 Å². The van der Waals surface area contributed by atoms with E-state index in [0.29, 0.717) is 32.5 Å². The van der Waals surface area contributed by atoms with Crippen LogP contribution in [0.4, 0.5) is 0 Å². The van der Waals surface area contributed by atoms with Gasteiger partial charge in [-0.05, 0) is 75.7 Å². The van der Waals surface area contributed by atoms with Gasteiger partial charge in [0.25, 0.3) is 0 Å². The molecule has 2 fully saturated rings. The summed E-state index contributed by atoms with van der Waals surface area (Å²) in [7, 11) is -3.35. The first kappa shape index (κ1) is 23.2. The van der Waals surface area contributed by atoms with Crippen molar-refractivity contribution in [2.75, 3.05) is 39.3 Å². The molecule has 3 rings (SSSR count). The predicted molar refractivity (Wildman–Crippen MR) is 121 cm³/mol. The van der Waals surface area contributed by atoms with Crippen molar-refractivity contribution < 1.29 is 13.2 Å². The maximum absolute atomic E-state index is 12.8. The average Bonchev–Trinajstić information content (AvgIpc) is 2.74. The molecular weight excluding hydrogens is 398 g/mol. The minimum absolute atomic E-state index is 0.0335. The van der Waals surface area contributed by atoms with E-state index in [1.165, 1.54) is 25.9 Å². The Morgan fingerprint density at radius 2 is 1.73 bits per heavy atom. The molecule has 0 bridgehead atoms. The van der Waals surface area contributed by atoms with Crippen molar-refractivity contribution in [2.45, 2.75) is 51.7 Å². The first-order valence-electron chi connectivity index (χ1n) is 11.4. The molecule has 168 valence electrons. The second kappa shape index (κ2) is 10.7. The van der Waals surface area contributed by atoms with Crippen LogP contribution in [-0.4, -0.2) is 62.8 Å². The van der Waals surface area contributed by atoms with Crippen molar-refractivity contribution >= 4 is 15.9 Å². The monoisotopic (exact) mass is 435 g/mol. The van der Waals surface area contributed by atoms with Gasteiger partial charge in [-0.1, -0.05) is 31.2 Å². The molecule has 0 radical (unpaired) electrons. The van der Waals surface area contributed by atoms with Gasteiger partial charge in [0.15, 0.2) is 0 Å². The highest BCUT2D eigenvalue weighted by Gasteiger charge is 2.31. The fraction of sp³-hybridized carbons (Fsp3) is 0.696. The van der Waals surface area contributed by atoms with Crippen molar-refractivity contribution in [3.8, 4) is 0 Å². The van der Waals surface area contributed by atoms with Crippen LogP contribution in [0.15, 0.2) is 24.3 Å². The third-order valence-electron chi connectivity index (χ3n) is 6.64. The average molecular weight is 436 g/mol. The summed E-state index contributed by atoms with van der Waals surface area (Å²) in [6, 6.07) is 7.60. The maximum Gasteiger partial charge on any atom is 0.223 e. The van der Waals surface area contributed by atoms with Crippen molar-refractivity contribution in [1.82, 2.24) is 14.5 Å². The third-order valence-corrected chi connectivity index (χ3v) is 8.47. The Morgan fingerprint density at radius 3 is 2.40 bits per heavy atom. The number of rotatable bonds is 8. The molecule has 2 saturated heterocycles. The second-order valence-corrected chi connectivity index (χ2v) is 11.0. The predicted octanol–water partition coefficient (Wildman–Crippen LogP) is 2.78. The number of benzene rings is 1. The van der Waals surface area contributed by atoms with Gasteiger partial charge in [-0.3, -0.25) is 4.79 Å². The number of likely N-dealkylation sites (tertiary alicyclic amines) is 1. The first-order valence-corrected chi connectivity index (χ1v) is 13.0. The van der Waals surface area contributed by atoms with E-state index in [-0.39, 0.29) is 17.6 Å². The number of hydrogen-bond acceptors (Lipinski definition) is 4. The van der Waals surface area contributed by atoms with Gasteiger partial charge in [-0.15, -0.1) is 0 Å². The van der Waals surface area contributed by atoms with Crippen LogP contribution in [0.1, 0.15) is 50.2 Å². The van der Waals surface area contributed by atoms with E-state index in [4.69, 9.17) is 0 Å². The standard InChI is InChI=1S/C23H37N3O3S/c1-19-8-14-25(15-9-19)13-5-12-24-23(27)21-10-16-26(17-11-21)30(28,29)18-22-7-4-3-6-20(22)2/h3-4,6-7,19,21H,5,8-18H2,1-2H3,(H,24,27). The van der Waals surface area contributed by atoms with Crippen molar-refractivity contribution in [3.63, 3.8) is 0 Å². The molecule has 0 atom stereocenters. The Bertz CT molecular complexity index is 796. The van der Waals surface area contributed by atoms with Gasteiger partial charge in [0.1, 0.15) is 0 Å². The van der Waals surface area contributed by atoms with Gasteiger partial charge in [0.05, 0.1) is 5.75 Å². The van der Waals surface area contributed by atoms with Gasteiger partial charge >= 0.3 is 0 Å². The molecule has 7 heteroatoms. The number of nitrogens with zero attached hydrogens (tertiary/aromatic N) is 2.